The van der Waals surface area contributed by atoms with Crippen molar-refractivity contribution in [2.45, 2.75) is 6.92 Å². The summed E-state index contributed by atoms with van der Waals surface area (Å²) in [4.78, 5) is 10.8. The minimum atomic E-state index is -3.13. The first kappa shape index (κ1) is 9.71. The van der Waals surface area contributed by atoms with Crippen molar-refractivity contribution in [3.05, 3.63) is 0 Å². The minimum absolute atomic E-state index is 0.277. The third-order valence-corrected chi connectivity index (χ3v) is 3.08. The summed E-state index contributed by atoms with van der Waals surface area (Å²) < 4.78 is 25.5. The summed E-state index contributed by atoms with van der Waals surface area (Å²) in [5, 5.41) is 0. The largest absolute Gasteiger partial charge is 0.466 e. The molecule has 1 rings (SSSR count). The third kappa shape index (κ3) is 2.59. The van der Waals surface area contributed by atoms with E-state index < -0.39 is 13.6 Å². The molecule has 1 aliphatic heterocycles. The maximum absolute atomic E-state index is 11.4. The number of hydrogen-bond acceptors (Lipinski definition) is 5. The second kappa shape index (κ2) is 4.03. The number of carbonyl (C=O) groups is 1. The second-order valence-electron chi connectivity index (χ2n) is 2.24. The van der Waals surface area contributed by atoms with Gasteiger partial charge in [-0.2, -0.15) is 0 Å². The van der Waals surface area contributed by atoms with Gasteiger partial charge in [0, 0.05) is 0 Å². The molecule has 70 valence electrons. The van der Waals surface area contributed by atoms with E-state index in [0.29, 0.717) is 0 Å². The number of rotatable bonds is 3. The van der Waals surface area contributed by atoms with Gasteiger partial charge in [-0.1, -0.05) is 0 Å². The van der Waals surface area contributed by atoms with Crippen LogP contribution < -0.4 is 0 Å². The zero-order valence-corrected chi connectivity index (χ0v) is 7.71. The van der Waals surface area contributed by atoms with Gasteiger partial charge in [-0.15, -0.1) is 0 Å². The molecule has 1 saturated heterocycles. The standard InChI is InChI=1S/C6H11O5P/c1-2-9-6(7)5-12(8)10-3-4-11-12/h2-5H2,1H3. The number of esters is 1. The highest BCUT2D eigenvalue weighted by Gasteiger charge is 2.33. The molecule has 0 aromatic carbocycles. The van der Waals surface area contributed by atoms with E-state index in [-0.39, 0.29) is 26.0 Å². The van der Waals surface area contributed by atoms with Gasteiger partial charge in [0.1, 0.15) is 6.16 Å². The first-order valence-corrected chi connectivity index (χ1v) is 5.43. The molecule has 0 aromatic rings. The van der Waals surface area contributed by atoms with Crippen molar-refractivity contribution in [1.82, 2.24) is 0 Å². The molecule has 0 N–H and O–H groups in total. The van der Waals surface area contributed by atoms with Crippen LogP contribution in [0.5, 0.6) is 0 Å². The molecule has 0 bridgehead atoms. The Hall–Kier alpha value is -0.380. The van der Waals surface area contributed by atoms with Crippen LogP contribution in [0, 0.1) is 0 Å². The summed E-state index contributed by atoms with van der Waals surface area (Å²) in [5.41, 5.74) is 0. The van der Waals surface area contributed by atoms with Gasteiger partial charge in [0.05, 0.1) is 19.8 Å². The van der Waals surface area contributed by atoms with E-state index in [4.69, 9.17) is 9.05 Å². The molecule has 0 aliphatic carbocycles. The van der Waals surface area contributed by atoms with Crippen LogP contribution in [0.4, 0.5) is 0 Å². The Bertz CT molecular complexity index is 204. The summed E-state index contributed by atoms with van der Waals surface area (Å²) in [6.07, 6.45) is -0.277. The predicted octanol–water partition coefficient (Wildman–Crippen LogP) is 0.789. The van der Waals surface area contributed by atoms with Crippen LogP contribution in [0.15, 0.2) is 0 Å². The van der Waals surface area contributed by atoms with Crippen molar-refractivity contribution in [3.63, 3.8) is 0 Å². The number of ether oxygens (including phenoxy) is 1. The average Bonchev–Trinajstić information content (AvgIpc) is 2.36. The molecule has 5 nitrogen and oxygen atoms in total. The average molecular weight is 194 g/mol. The van der Waals surface area contributed by atoms with Crippen molar-refractivity contribution >= 4 is 13.6 Å². The van der Waals surface area contributed by atoms with Crippen LogP contribution in [-0.4, -0.2) is 32.0 Å². The first-order valence-electron chi connectivity index (χ1n) is 3.70. The van der Waals surface area contributed by atoms with E-state index >= 15 is 0 Å². The molecule has 1 aliphatic rings. The van der Waals surface area contributed by atoms with Crippen LogP contribution in [0.25, 0.3) is 0 Å². The fraction of sp³-hybridized carbons (Fsp3) is 0.833. The van der Waals surface area contributed by atoms with E-state index in [1.165, 1.54) is 0 Å². The van der Waals surface area contributed by atoms with Gasteiger partial charge in [-0.25, -0.2) is 0 Å². The molecular formula is C6H11O5P. The zero-order chi connectivity index (χ0) is 9.03. The van der Waals surface area contributed by atoms with Crippen LogP contribution in [0.2, 0.25) is 0 Å². The van der Waals surface area contributed by atoms with E-state index in [9.17, 15) is 9.36 Å². The normalized spacial score (nSPS) is 20.8. The summed E-state index contributed by atoms with van der Waals surface area (Å²) in [7, 11) is -3.13. The quantitative estimate of drug-likeness (QED) is 0.491. The summed E-state index contributed by atoms with van der Waals surface area (Å²) >= 11 is 0. The zero-order valence-electron chi connectivity index (χ0n) is 6.82. The van der Waals surface area contributed by atoms with Crippen molar-refractivity contribution in [2.75, 3.05) is 26.0 Å². The molecule has 1 fully saturated rings. The molecule has 6 heteroatoms. The Morgan fingerprint density at radius 2 is 2.08 bits per heavy atom. The Balaban J connectivity index is 2.39. The van der Waals surface area contributed by atoms with Gasteiger partial charge < -0.3 is 13.8 Å². The topological polar surface area (TPSA) is 61.8 Å². The van der Waals surface area contributed by atoms with E-state index in [1.807, 2.05) is 0 Å². The fourth-order valence-electron chi connectivity index (χ4n) is 0.846. The molecule has 0 spiro atoms. The van der Waals surface area contributed by atoms with Gasteiger partial charge in [-0.05, 0) is 6.92 Å². The summed E-state index contributed by atoms with van der Waals surface area (Å²) in [5.74, 6) is -0.539. The van der Waals surface area contributed by atoms with Gasteiger partial charge in [0.15, 0.2) is 0 Å². The van der Waals surface area contributed by atoms with Crippen LogP contribution >= 0.6 is 7.60 Å². The molecule has 12 heavy (non-hydrogen) atoms. The predicted molar refractivity (Wildman–Crippen MR) is 41.0 cm³/mol. The molecule has 0 amide bonds. The lowest BCUT2D eigenvalue weighted by Gasteiger charge is -2.07. The summed E-state index contributed by atoms with van der Waals surface area (Å²) in [6, 6.07) is 0. The molecule has 1 heterocycles. The van der Waals surface area contributed by atoms with Crippen molar-refractivity contribution in [2.24, 2.45) is 0 Å². The van der Waals surface area contributed by atoms with Gasteiger partial charge in [0.25, 0.3) is 0 Å². The Kier molecular flexibility index (Phi) is 3.26. The third-order valence-electron chi connectivity index (χ3n) is 1.29. The monoisotopic (exact) mass is 194 g/mol. The highest BCUT2D eigenvalue weighted by atomic mass is 31.2. The lowest BCUT2D eigenvalue weighted by atomic mass is 10.8. The first-order chi connectivity index (χ1) is 5.66. The maximum atomic E-state index is 11.4. The number of hydrogen-bond donors (Lipinski definition) is 0. The van der Waals surface area contributed by atoms with Gasteiger partial charge in [-0.3, -0.25) is 9.36 Å². The maximum Gasteiger partial charge on any atom is 0.341 e. The Morgan fingerprint density at radius 3 is 2.58 bits per heavy atom. The highest BCUT2D eigenvalue weighted by molar-refractivity contribution is 7.55. The molecule has 0 aromatic heterocycles. The van der Waals surface area contributed by atoms with Crippen LogP contribution in [0.3, 0.4) is 0 Å². The van der Waals surface area contributed by atoms with E-state index in [0.717, 1.165) is 0 Å². The lowest BCUT2D eigenvalue weighted by molar-refractivity contribution is -0.140. The number of carbonyl (C=O) groups excluding carboxylic acids is 1. The van der Waals surface area contributed by atoms with E-state index in [2.05, 4.69) is 4.74 Å². The molecule has 0 saturated carbocycles. The minimum Gasteiger partial charge on any atom is -0.466 e. The smallest absolute Gasteiger partial charge is 0.341 e. The van der Waals surface area contributed by atoms with Gasteiger partial charge >= 0.3 is 13.6 Å². The van der Waals surface area contributed by atoms with E-state index in [1.54, 1.807) is 6.92 Å². The van der Waals surface area contributed by atoms with Crippen LogP contribution in [0.1, 0.15) is 6.92 Å². The highest BCUT2D eigenvalue weighted by Crippen LogP contribution is 2.51. The van der Waals surface area contributed by atoms with Crippen LogP contribution in [-0.2, 0) is 23.1 Å². The SMILES string of the molecule is CCOC(=O)CP1(=O)OCCO1. The molecular weight excluding hydrogens is 183 g/mol. The lowest BCUT2D eigenvalue weighted by Crippen LogP contribution is -2.09. The Labute approximate surface area is 70.5 Å². The van der Waals surface area contributed by atoms with Crippen molar-refractivity contribution < 1.29 is 23.1 Å². The molecule has 0 atom stereocenters. The van der Waals surface area contributed by atoms with Crippen molar-refractivity contribution in [3.8, 4) is 0 Å². The fourth-order valence-corrected chi connectivity index (χ4v) is 2.22. The van der Waals surface area contributed by atoms with Gasteiger partial charge in [0.2, 0.25) is 0 Å². The molecule has 0 radical (unpaired) electrons. The molecule has 0 unspecified atom stereocenters. The Morgan fingerprint density at radius 1 is 1.50 bits per heavy atom. The van der Waals surface area contributed by atoms with Crippen molar-refractivity contribution in [1.29, 1.82) is 0 Å². The summed E-state index contributed by atoms with van der Waals surface area (Å²) in [6.45, 7) is 2.54. The second-order valence-corrected chi connectivity index (χ2v) is 4.29.